The number of anilines is 3. The summed E-state index contributed by atoms with van der Waals surface area (Å²) in [4.78, 5) is 26.8. The van der Waals surface area contributed by atoms with Gasteiger partial charge in [-0.25, -0.2) is 0 Å². The fourth-order valence-electron chi connectivity index (χ4n) is 3.11. The Morgan fingerprint density at radius 1 is 0.846 bits per heavy atom. The lowest BCUT2D eigenvalue weighted by molar-refractivity contribution is -0.122. The number of nitrogens with zero attached hydrogens (tertiary/aromatic N) is 1. The van der Waals surface area contributed by atoms with Crippen LogP contribution in [0.3, 0.4) is 0 Å². The Bertz CT molecular complexity index is 755. The minimum absolute atomic E-state index is 0.0891. The normalized spacial score (nSPS) is 18.1. The van der Waals surface area contributed by atoms with Crippen molar-refractivity contribution >= 4 is 28.9 Å². The quantitative estimate of drug-likeness (QED) is 0.799. The molecule has 3 rings (SSSR count). The third kappa shape index (κ3) is 4.23. The van der Waals surface area contributed by atoms with Crippen molar-refractivity contribution in [1.29, 1.82) is 0 Å². The largest absolute Gasteiger partial charge is 0.372 e. The third-order valence-corrected chi connectivity index (χ3v) is 4.77. The van der Waals surface area contributed by atoms with Crippen LogP contribution < -0.4 is 15.5 Å². The second kappa shape index (κ2) is 8.04. The molecule has 2 aromatic rings. The summed E-state index contributed by atoms with van der Waals surface area (Å²) in [5, 5.41) is 5.78. The van der Waals surface area contributed by atoms with Gasteiger partial charge >= 0.3 is 0 Å². The zero-order chi connectivity index (χ0) is 18.5. The summed E-state index contributed by atoms with van der Waals surface area (Å²) < 4.78 is 0. The van der Waals surface area contributed by atoms with Crippen LogP contribution in [0.25, 0.3) is 0 Å². The van der Waals surface area contributed by atoms with Crippen molar-refractivity contribution < 1.29 is 9.59 Å². The summed E-state index contributed by atoms with van der Waals surface area (Å²) in [6.07, 6.45) is 0.599. The Morgan fingerprint density at radius 3 is 1.85 bits per heavy atom. The Kier molecular flexibility index (Phi) is 5.56. The predicted molar refractivity (Wildman–Crippen MR) is 105 cm³/mol. The van der Waals surface area contributed by atoms with Gasteiger partial charge in [0.15, 0.2) is 0 Å². The molecule has 0 spiro atoms. The van der Waals surface area contributed by atoms with E-state index in [1.165, 1.54) is 0 Å². The molecule has 2 amide bonds. The summed E-state index contributed by atoms with van der Waals surface area (Å²) in [6.45, 7) is 6.13. The highest BCUT2D eigenvalue weighted by Crippen LogP contribution is 2.40. The lowest BCUT2D eigenvalue weighted by Crippen LogP contribution is -2.22. The molecule has 1 aliphatic carbocycles. The topological polar surface area (TPSA) is 61.4 Å². The minimum Gasteiger partial charge on any atom is -0.372 e. The Hall–Kier alpha value is -2.82. The molecule has 2 N–H and O–H groups in total. The van der Waals surface area contributed by atoms with E-state index < -0.39 is 0 Å². The number of benzene rings is 2. The lowest BCUT2D eigenvalue weighted by Gasteiger charge is -2.21. The molecule has 5 heteroatoms. The van der Waals surface area contributed by atoms with E-state index in [-0.39, 0.29) is 23.7 Å². The summed E-state index contributed by atoms with van der Waals surface area (Å²) in [5.41, 5.74) is 2.66. The van der Waals surface area contributed by atoms with Crippen LogP contribution in [0.5, 0.6) is 0 Å². The van der Waals surface area contributed by atoms with E-state index in [2.05, 4.69) is 29.4 Å². The van der Waals surface area contributed by atoms with Crippen LogP contribution >= 0.6 is 0 Å². The molecule has 1 saturated carbocycles. The van der Waals surface area contributed by atoms with Crippen molar-refractivity contribution in [2.45, 2.75) is 20.3 Å². The molecule has 0 saturated heterocycles. The Morgan fingerprint density at radius 2 is 1.35 bits per heavy atom. The van der Waals surface area contributed by atoms with Crippen molar-refractivity contribution in [2.24, 2.45) is 11.8 Å². The molecule has 0 radical (unpaired) electrons. The molecule has 1 fully saturated rings. The van der Waals surface area contributed by atoms with Crippen molar-refractivity contribution in [2.75, 3.05) is 28.6 Å². The van der Waals surface area contributed by atoms with E-state index >= 15 is 0 Å². The van der Waals surface area contributed by atoms with Gasteiger partial charge in [0.05, 0.1) is 11.8 Å². The highest BCUT2D eigenvalue weighted by Gasteiger charge is 2.48. The van der Waals surface area contributed by atoms with Crippen LogP contribution in [0.4, 0.5) is 17.1 Å². The van der Waals surface area contributed by atoms with Gasteiger partial charge < -0.3 is 15.5 Å². The van der Waals surface area contributed by atoms with Crippen LogP contribution in [-0.4, -0.2) is 24.9 Å². The fourth-order valence-corrected chi connectivity index (χ4v) is 3.11. The first-order valence-corrected chi connectivity index (χ1v) is 9.14. The molecule has 2 unspecified atom stereocenters. The van der Waals surface area contributed by atoms with Crippen LogP contribution in [-0.2, 0) is 9.59 Å². The van der Waals surface area contributed by atoms with Gasteiger partial charge in [-0.15, -0.1) is 0 Å². The summed E-state index contributed by atoms with van der Waals surface area (Å²) >= 11 is 0. The molecule has 2 aromatic carbocycles. The number of nitrogens with one attached hydrogen (secondary N) is 2. The first-order valence-electron chi connectivity index (χ1n) is 9.14. The highest BCUT2D eigenvalue weighted by atomic mass is 16.2. The first kappa shape index (κ1) is 18.0. The molecule has 26 heavy (non-hydrogen) atoms. The van der Waals surface area contributed by atoms with E-state index in [1.54, 1.807) is 0 Å². The lowest BCUT2D eigenvalue weighted by atomic mass is 10.2. The molecular formula is C21H25N3O2. The van der Waals surface area contributed by atoms with Gasteiger partial charge in [-0.05, 0) is 56.7 Å². The number of amides is 2. The monoisotopic (exact) mass is 351 g/mol. The molecule has 0 bridgehead atoms. The Balaban J connectivity index is 1.52. The van der Waals surface area contributed by atoms with E-state index in [0.29, 0.717) is 6.42 Å². The zero-order valence-corrected chi connectivity index (χ0v) is 15.2. The van der Waals surface area contributed by atoms with Crippen LogP contribution in [0.15, 0.2) is 54.6 Å². The van der Waals surface area contributed by atoms with Crippen molar-refractivity contribution in [3.8, 4) is 0 Å². The summed E-state index contributed by atoms with van der Waals surface area (Å²) in [6, 6.07) is 17.2. The van der Waals surface area contributed by atoms with Crippen molar-refractivity contribution in [3.05, 3.63) is 54.6 Å². The van der Waals surface area contributed by atoms with Crippen LogP contribution in [0.2, 0.25) is 0 Å². The van der Waals surface area contributed by atoms with Gasteiger partial charge in [-0.2, -0.15) is 0 Å². The van der Waals surface area contributed by atoms with E-state index in [9.17, 15) is 9.59 Å². The van der Waals surface area contributed by atoms with E-state index in [0.717, 1.165) is 30.2 Å². The number of para-hydroxylation sites is 1. The summed E-state index contributed by atoms with van der Waals surface area (Å²) in [7, 11) is 0. The average Bonchev–Trinajstić information content (AvgIpc) is 3.46. The van der Waals surface area contributed by atoms with Gasteiger partial charge in [0, 0.05) is 30.2 Å². The maximum absolute atomic E-state index is 12.4. The molecule has 0 heterocycles. The third-order valence-electron chi connectivity index (χ3n) is 4.77. The maximum atomic E-state index is 12.4. The fraction of sp³-hybridized carbons (Fsp3) is 0.333. The second-order valence-corrected chi connectivity index (χ2v) is 6.51. The van der Waals surface area contributed by atoms with Gasteiger partial charge in [0.1, 0.15) is 0 Å². The number of rotatable bonds is 7. The van der Waals surface area contributed by atoms with Crippen LogP contribution in [0.1, 0.15) is 20.3 Å². The molecular weight excluding hydrogens is 326 g/mol. The smallest absolute Gasteiger partial charge is 0.228 e. The standard InChI is InChI=1S/C21H25N3O2/c1-3-24(4-2)17-12-10-16(11-13-17)23-21(26)19-14-18(19)20(25)22-15-8-6-5-7-9-15/h5-13,18-19H,3-4,14H2,1-2H3,(H,22,25)(H,23,26). The maximum Gasteiger partial charge on any atom is 0.228 e. The molecule has 0 aromatic heterocycles. The van der Waals surface area contributed by atoms with Crippen molar-refractivity contribution in [1.82, 2.24) is 0 Å². The first-order chi connectivity index (χ1) is 12.6. The van der Waals surface area contributed by atoms with Crippen molar-refractivity contribution in [3.63, 3.8) is 0 Å². The van der Waals surface area contributed by atoms with Gasteiger partial charge in [-0.1, -0.05) is 18.2 Å². The molecule has 0 aliphatic heterocycles. The number of carbonyl (C=O) groups is 2. The van der Waals surface area contributed by atoms with E-state index in [4.69, 9.17) is 0 Å². The Labute approximate surface area is 154 Å². The van der Waals surface area contributed by atoms with E-state index in [1.807, 2.05) is 54.6 Å². The predicted octanol–water partition coefficient (Wildman–Crippen LogP) is 3.75. The van der Waals surface area contributed by atoms with Gasteiger partial charge in [-0.3, -0.25) is 9.59 Å². The van der Waals surface area contributed by atoms with Gasteiger partial charge in [0.25, 0.3) is 0 Å². The summed E-state index contributed by atoms with van der Waals surface area (Å²) in [5.74, 6) is -0.673. The molecule has 136 valence electrons. The highest BCUT2D eigenvalue weighted by molar-refractivity contribution is 6.03. The van der Waals surface area contributed by atoms with Crippen LogP contribution in [0, 0.1) is 11.8 Å². The zero-order valence-electron chi connectivity index (χ0n) is 15.2. The minimum atomic E-state index is -0.249. The number of carbonyl (C=O) groups excluding carboxylic acids is 2. The number of hydrogen-bond donors (Lipinski definition) is 2. The molecule has 1 aliphatic rings. The second-order valence-electron chi connectivity index (χ2n) is 6.51. The SMILES string of the molecule is CCN(CC)c1ccc(NC(=O)C2CC2C(=O)Nc2ccccc2)cc1. The molecule has 5 nitrogen and oxygen atoms in total. The molecule has 2 atom stereocenters. The van der Waals surface area contributed by atoms with Gasteiger partial charge in [0.2, 0.25) is 11.8 Å². The average molecular weight is 351 g/mol. The number of hydrogen-bond acceptors (Lipinski definition) is 3.